The van der Waals surface area contributed by atoms with Gasteiger partial charge in [-0.25, -0.2) is 8.42 Å². The van der Waals surface area contributed by atoms with Crippen molar-refractivity contribution in [3.8, 4) is 0 Å². The van der Waals surface area contributed by atoms with Crippen LogP contribution in [0.2, 0.25) is 0 Å². The highest BCUT2D eigenvalue weighted by Gasteiger charge is 2.38. The Hall–Kier alpha value is -2.64. The molecule has 2 atom stereocenters. The Balaban J connectivity index is 2.04. The first kappa shape index (κ1) is 23.0. The Bertz CT molecular complexity index is 1180. The van der Waals surface area contributed by atoms with E-state index in [1.54, 1.807) is 50.4 Å². The van der Waals surface area contributed by atoms with E-state index in [-0.39, 0.29) is 5.91 Å². The van der Waals surface area contributed by atoms with Crippen molar-refractivity contribution >= 4 is 26.0 Å². The lowest BCUT2D eigenvalue weighted by Gasteiger charge is -2.42. The van der Waals surface area contributed by atoms with Crippen LogP contribution in [0, 0.1) is 13.8 Å². The second-order valence-corrected chi connectivity index (χ2v) is 13.9. The fourth-order valence-corrected chi connectivity index (χ4v) is 9.41. The van der Waals surface area contributed by atoms with Crippen LogP contribution in [0.15, 0.2) is 78.0 Å². The Labute approximate surface area is 186 Å². The molecule has 0 bridgehead atoms. The van der Waals surface area contributed by atoms with Gasteiger partial charge in [-0.2, -0.15) is 0 Å². The average Bonchev–Trinajstić information content (AvgIpc) is 2.74. The van der Waals surface area contributed by atoms with Gasteiger partial charge in [0.1, 0.15) is 4.58 Å². The monoisotopic (exact) mass is 456 g/mol. The van der Waals surface area contributed by atoms with E-state index in [0.29, 0.717) is 21.8 Å². The van der Waals surface area contributed by atoms with Crippen molar-refractivity contribution in [3.63, 3.8) is 0 Å². The smallest absolute Gasteiger partial charge is 0.261 e. The van der Waals surface area contributed by atoms with Gasteiger partial charge in [0, 0.05) is 18.1 Å². The van der Waals surface area contributed by atoms with Crippen LogP contribution in [0.1, 0.15) is 34.0 Å². The molecular weight excluding hydrogens is 428 g/mol. The molecule has 3 aromatic rings. The molecule has 0 saturated heterocycles. The summed E-state index contributed by atoms with van der Waals surface area (Å²) in [4.78, 5) is 17.3. The molecule has 2 unspecified atom stereocenters. The zero-order chi connectivity index (χ0) is 22.6. The number of nitrogens with zero attached hydrogens (tertiary/aromatic N) is 1. The molecule has 7 heteroatoms. The van der Waals surface area contributed by atoms with Gasteiger partial charge in [-0.05, 0) is 56.4 Å². The van der Waals surface area contributed by atoms with Crippen molar-refractivity contribution in [2.75, 3.05) is 6.26 Å². The summed E-state index contributed by atoms with van der Waals surface area (Å²) >= 11 is 0. The van der Waals surface area contributed by atoms with Crippen LogP contribution in [0.25, 0.3) is 0 Å². The maximum absolute atomic E-state index is 13.6. The summed E-state index contributed by atoms with van der Waals surface area (Å²) in [6, 6.07) is 18.3. The zero-order valence-electron chi connectivity index (χ0n) is 18.2. The third-order valence-corrected chi connectivity index (χ3v) is 12.4. The third-order valence-electron chi connectivity index (χ3n) is 5.37. The molecule has 1 N–H and O–H groups in total. The fraction of sp³-hybridized carbons (Fsp3) is 0.250. The van der Waals surface area contributed by atoms with E-state index < -0.39 is 24.6 Å². The Morgan fingerprint density at radius 3 is 2.42 bits per heavy atom. The number of carbonyl (C=O) groups is 1. The third kappa shape index (κ3) is 5.17. The number of nitrogens with one attached hydrogen (secondary N) is 1. The van der Waals surface area contributed by atoms with Crippen LogP contribution >= 0.6 is 10.2 Å². The first-order valence-electron chi connectivity index (χ1n) is 9.95. The summed E-state index contributed by atoms with van der Waals surface area (Å²) in [5.41, 5.74) is 3.19. The van der Waals surface area contributed by atoms with Gasteiger partial charge < -0.3 is 4.72 Å². The van der Waals surface area contributed by atoms with E-state index in [1.165, 1.54) is 6.20 Å². The summed E-state index contributed by atoms with van der Waals surface area (Å²) in [6.07, 6.45) is 4.97. The molecule has 31 heavy (non-hydrogen) atoms. The first-order chi connectivity index (χ1) is 14.6. The second-order valence-electron chi connectivity index (χ2n) is 7.84. The quantitative estimate of drug-likeness (QED) is 0.554. The number of benzene rings is 2. The van der Waals surface area contributed by atoms with E-state index in [2.05, 4.69) is 9.71 Å². The van der Waals surface area contributed by atoms with Crippen LogP contribution in [0.3, 0.4) is 0 Å². The van der Waals surface area contributed by atoms with Crippen molar-refractivity contribution in [1.29, 1.82) is 0 Å². The number of pyridine rings is 1. The van der Waals surface area contributed by atoms with Crippen molar-refractivity contribution in [3.05, 3.63) is 95.3 Å². The van der Waals surface area contributed by atoms with Gasteiger partial charge in [0.25, 0.3) is 5.91 Å². The van der Waals surface area contributed by atoms with Gasteiger partial charge in [-0.3, -0.25) is 9.78 Å². The van der Waals surface area contributed by atoms with Crippen molar-refractivity contribution in [2.24, 2.45) is 0 Å². The van der Waals surface area contributed by atoms with Gasteiger partial charge in [0.05, 0.1) is 10.5 Å². The summed E-state index contributed by atoms with van der Waals surface area (Å²) in [6.45, 7) is 5.50. The van der Waals surface area contributed by atoms with Crippen LogP contribution in [-0.4, -0.2) is 30.1 Å². The van der Waals surface area contributed by atoms with Gasteiger partial charge >= 0.3 is 0 Å². The Morgan fingerprint density at radius 1 is 1.03 bits per heavy atom. The van der Waals surface area contributed by atoms with E-state index in [1.807, 2.05) is 43.5 Å². The topological polar surface area (TPSA) is 76.1 Å². The predicted octanol–water partition coefficient (Wildman–Crippen LogP) is 4.80. The standard InChI is InChI=1S/C24H28N2O3S2/c1-18-9-7-11-21(15-18)17-30(4,26-24(27)22-12-8-14-25-16-22)20(3)31(28,29)23-13-6-5-10-19(23)2/h5-16,20H,17H2,1-4H3,(H,26,27). The number of rotatable bonds is 7. The van der Waals surface area contributed by atoms with Crippen molar-refractivity contribution in [1.82, 2.24) is 9.71 Å². The largest absolute Gasteiger partial charge is 0.313 e. The van der Waals surface area contributed by atoms with E-state index in [0.717, 1.165) is 11.1 Å². The number of carbonyl (C=O) groups excluding carboxylic acids is 1. The number of sulfone groups is 1. The molecule has 0 radical (unpaired) electrons. The molecule has 164 valence electrons. The zero-order valence-corrected chi connectivity index (χ0v) is 19.8. The minimum absolute atomic E-state index is 0.307. The van der Waals surface area contributed by atoms with Crippen molar-refractivity contribution in [2.45, 2.75) is 36.0 Å². The number of hydrogen-bond acceptors (Lipinski definition) is 4. The highest BCUT2D eigenvalue weighted by atomic mass is 32.3. The van der Waals surface area contributed by atoms with Crippen molar-refractivity contribution < 1.29 is 13.2 Å². The summed E-state index contributed by atoms with van der Waals surface area (Å²) in [5, 5.41) is 0. The maximum Gasteiger partial charge on any atom is 0.261 e. The highest BCUT2D eigenvalue weighted by Crippen LogP contribution is 2.52. The summed E-state index contributed by atoms with van der Waals surface area (Å²) in [7, 11) is -5.85. The lowest BCUT2D eigenvalue weighted by molar-refractivity contribution is 0.0982. The first-order valence-corrected chi connectivity index (χ1v) is 13.8. The summed E-state index contributed by atoms with van der Waals surface area (Å²) in [5.74, 6) is 0.137. The normalized spacial score (nSPS) is 15.5. The van der Waals surface area contributed by atoms with Crippen LogP contribution in [0.4, 0.5) is 0 Å². The summed E-state index contributed by atoms with van der Waals surface area (Å²) < 4.78 is 29.6. The van der Waals surface area contributed by atoms with Gasteiger partial charge in [-0.15, -0.1) is 10.2 Å². The minimum atomic E-state index is -3.68. The molecule has 0 fully saturated rings. The lowest BCUT2D eigenvalue weighted by Crippen LogP contribution is -2.38. The van der Waals surface area contributed by atoms with Crippen LogP contribution in [-0.2, 0) is 15.6 Å². The van der Waals surface area contributed by atoms with Gasteiger partial charge in [-0.1, -0.05) is 48.0 Å². The Morgan fingerprint density at radius 2 is 1.77 bits per heavy atom. The number of hydrogen-bond donors (Lipinski definition) is 1. The lowest BCUT2D eigenvalue weighted by atomic mass is 10.2. The SMILES string of the molecule is Cc1cccc(CS(C)(NC(=O)c2cccnc2)C(C)S(=O)(=O)c2ccccc2C)c1. The molecular formula is C24H28N2O3S2. The molecule has 1 heterocycles. The molecule has 0 spiro atoms. The number of aryl methyl sites for hydroxylation is 2. The molecule has 0 aliphatic heterocycles. The van der Waals surface area contributed by atoms with E-state index >= 15 is 0 Å². The molecule has 0 aliphatic carbocycles. The molecule has 1 amide bonds. The number of aromatic nitrogens is 1. The molecule has 3 rings (SSSR count). The van der Waals surface area contributed by atoms with E-state index in [4.69, 9.17) is 0 Å². The molecule has 2 aromatic carbocycles. The molecule has 0 saturated carbocycles. The molecule has 5 nitrogen and oxygen atoms in total. The van der Waals surface area contributed by atoms with Gasteiger partial charge in [0.2, 0.25) is 0 Å². The fourth-order valence-electron chi connectivity index (χ4n) is 3.49. The van der Waals surface area contributed by atoms with Gasteiger partial charge in [0.15, 0.2) is 9.84 Å². The molecule has 1 aromatic heterocycles. The minimum Gasteiger partial charge on any atom is -0.313 e. The van der Waals surface area contributed by atoms with E-state index in [9.17, 15) is 13.2 Å². The highest BCUT2D eigenvalue weighted by molar-refractivity contribution is 8.37. The van der Waals surface area contributed by atoms with Crippen LogP contribution < -0.4 is 4.72 Å². The maximum atomic E-state index is 13.6. The molecule has 0 aliphatic rings. The average molecular weight is 457 g/mol. The Kier molecular flexibility index (Phi) is 6.86. The van der Waals surface area contributed by atoms with Crippen LogP contribution in [0.5, 0.6) is 0 Å². The number of amides is 1. The predicted molar refractivity (Wildman–Crippen MR) is 128 cm³/mol. The second kappa shape index (κ2) is 9.24.